The Morgan fingerprint density at radius 2 is 2.31 bits per heavy atom. The van der Waals surface area contributed by atoms with E-state index < -0.39 is 5.60 Å². The van der Waals surface area contributed by atoms with E-state index in [1.807, 2.05) is 6.26 Å². The van der Waals surface area contributed by atoms with Crippen LogP contribution in [0.15, 0.2) is 16.9 Å². The van der Waals surface area contributed by atoms with Crippen LogP contribution < -0.4 is 11.1 Å². The van der Waals surface area contributed by atoms with Gasteiger partial charge in [0.05, 0.1) is 27.6 Å². The van der Waals surface area contributed by atoms with Crippen LogP contribution in [0.2, 0.25) is 0 Å². The average molecular weight is 306 g/mol. The van der Waals surface area contributed by atoms with Gasteiger partial charge in [0.25, 0.3) is 0 Å². The molecule has 4 nitrogen and oxygen atoms in total. The summed E-state index contributed by atoms with van der Waals surface area (Å²) in [5.41, 5.74) is 6.37. The predicted octanol–water partition coefficient (Wildman–Crippen LogP) is 1.95. The maximum Gasteiger partial charge on any atom is 0.0881 e. The lowest BCUT2D eigenvalue weighted by Crippen LogP contribution is -2.36. The van der Waals surface area contributed by atoms with Crippen molar-refractivity contribution in [3.8, 4) is 0 Å². The van der Waals surface area contributed by atoms with Gasteiger partial charge in [-0.25, -0.2) is 0 Å². The van der Waals surface area contributed by atoms with Gasteiger partial charge in [-0.3, -0.25) is 4.98 Å². The molecule has 0 saturated heterocycles. The molecule has 0 saturated carbocycles. The molecular formula is C10H16BrN3OS. The molecule has 0 amide bonds. The SMILES string of the molecule is CSCC(C)(O)CNc1c(N)cncc1Br. The van der Waals surface area contributed by atoms with E-state index in [-0.39, 0.29) is 0 Å². The van der Waals surface area contributed by atoms with Crippen molar-refractivity contribution in [3.05, 3.63) is 16.9 Å². The van der Waals surface area contributed by atoms with Crippen molar-refractivity contribution in [1.82, 2.24) is 4.98 Å². The van der Waals surface area contributed by atoms with Gasteiger partial charge < -0.3 is 16.2 Å². The van der Waals surface area contributed by atoms with Gasteiger partial charge in [-0.15, -0.1) is 0 Å². The molecule has 0 aromatic carbocycles. The van der Waals surface area contributed by atoms with Crippen molar-refractivity contribution in [1.29, 1.82) is 0 Å². The lowest BCUT2D eigenvalue weighted by atomic mass is 10.1. The molecule has 16 heavy (non-hydrogen) atoms. The zero-order valence-electron chi connectivity index (χ0n) is 9.33. The third-order valence-corrected chi connectivity index (χ3v) is 3.54. The molecule has 4 N–H and O–H groups in total. The quantitative estimate of drug-likeness (QED) is 0.775. The van der Waals surface area contributed by atoms with Crippen LogP contribution in [0, 0.1) is 0 Å². The van der Waals surface area contributed by atoms with Gasteiger partial charge in [0, 0.05) is 18.5 Å². The first-order chi connectivity index (χ1) is 7.46. The molecule has 1 rings (SSSR count). The van der Waals surface area contributed by atoms with Gasteiger partial charge in [0.15, 0.2) is 0 Å². The molecule has 0 spiro atoms. The minimum Gasteiger partial charge on any atom is -0.396 e. The highest BCUT2D eigenvalue weighted by atomic mass is 79.9. The Labute approximate surface area is 108 Å². The fourth-order valence-corrected chi connectivity index (χ4v) is 2.49. The number of thioether (sulfide) groups is 1. The highest BCUT2D eigenvalue weighted by Gasteiger charge is 2.20. The summed E-state index contributed by atoms with van der Waals surface area (Å²) in [5, 5.41) is 13.1. The first kappa shape index (κ1) is 13.6. The molecule has 0 aliphatic rings. The van der Waals surface area contributed by atoms with Gasteiger partial charge >= 0.3 is 0 Å². The molecule has 90 valence electrons. The number of aliphatic hydroxyl groups is 1. The van der Waals surface area contributed by atoms with Gasteiger partial charge in [0.2, 0.25) is 0 Å². The Morgan fingerprint density at radius 3 is 2.88 bits per heavy atom. The summed E-state index contributed by atoms with van der Waals surface area (Å²) in [6.45, 7) is 2.24. The maximum absolute atomic E-state index is 10.0. The molecule has 0 aliphatic heterocycles. The van der Waals surface area contributed by atoms with Crippen LogP contribution in [0.3, 0.4) is 0 Å². The van der Waals surface area contributed by atoms with Crippen LogP contribution in [0.5, 0.6) is 0 Å². The summed E-state index contributed by atoms with van der Waals surface area (Å²) in [7, 11) is 0. The molecule has 1 heterocycles. The van der Waals surface area contributed by atoms with Crippen molar-refractivity contribution in [2.45, 2.75) is 12.5 Å². The second-order valence-corrected chi connectivity index (χ2v) is 5.59. The number of nitrogen functional groups attached to an aromatic ring is 1. The Kier molecular flexibility index (Phi) is 4.89. The number of nitrogens with one attached hydrogen (secondary N) is 1. The topological polar surface area (TPSA) is 71.2 Å². The maximum atomic E-state index is 10.0. The normalized spacial score (nSPS) is 14.5. The molecule has 0 fully saturated rings. The van der Waals surface area contributed by atoms with Crippen molar-refractivity contribution >= 4 is 39.1 Å². The van der Waals surface area contributed by atoms with Crippen molar-refractivity contribution in [2.24, 2.45) is 0 Å². The molecular weight excluding hydrogens is 290 g/mol. The zero-order valence-corrected chi connectivity index (χ0v) is 11.7. The number of anilines is 2. The lowest BCUT2D eigenvalue weighted by Gasteiger charge is -2.24. The lowest BCUT2D eigenvalue weighted by molar-refractivity contribution is 0.0997. The van der Waals surface area contributed by atoms with Gasteiger partial charge in [-0.1, -0.05) is 0 Å². The fraction of sp³-hybridized carbons (Fsp3) is 0.500. The Morgan fingerprint density at radius 1 is 1.62 bits per heavy atom. The van der Waals surface area contributed by atoms with Gasteiger partial charge in [-0.2, -0.15) is 11.8 Å². The van der Waals surface area contributed by atoms with E-state index in [1.54, 1.807) is 31.1 Å². The molecule has 1 unspecified atom stereocenters. The first-order valence-electron chi connectivity index (χ1n) is 4.80. The number of pyridine rings is 1. The van der Waals surface area contributed by atoms with E-state index in [1.165, 1.54) is 0 Å². The van der Waals surface area contributed by atoms with Gasteiger partial charge in [-0.05, 0) is 29.1 Å². The molecule has 1 aromatic heterocycles. The summed E-state index contributed by atoms with van der Waals surface area (Å²) >= 11 is 4.97. The van der Waals surface area contributed by atoms with E-state index in [0.717, 1.165) is 10.2 Å². The summed E-state index contributed by atoms with van der Waals surface area (Å²) in [6.07, 6.45) is 5.21. The highest BCUT2D eigenvalue weighted by Crippen LogP contribution is 2.27. The van der Waals surface area contributed by atoms with Gasteiger partial charge in [0.1, 0.15) is 0 Å². The van der Waals surface area contributed by atoms with Crippen LogP contribution in [0.25, 0.3) is 0 Å². The molecule has 0 bridgehead atoms. The summed E-state index contributed by atoms with van der Waals surface area (Å²) in [5.74, 6) is 0.669. The van der Waals surface area contributed by atoms with E-state index in [9.17, 15) is 5.11 Å². The standard InChI is InChI=1S/C10H16BrN3OS/c1-10(15,6-16-2)5-14-9-7(11)3-13-4-8(9)12/h3-4,15H,5-6,12H2,1-2H3,(H,13,14). The number of nitrogens with zero attached hydrogens (tertiary/aromatic N) is 1. The average Bonchev–Trinajstić information content (AvgIpc) is 2.16. The number of hydrogen-bond acceptors (Lipinski definition) is 5. The van der Waals surface area contributed by atoms with E-state index in [4.69, 9.17) is 5.73 Å². The monoisotopic (exact) mass is 305 g/mol. The molecule has 1 aromatic rings. The van der Waals surface area contributed by atoms with Crippen LogP contribution in [-0.2, 0) is 0 Å². The number of nitrogens with two attached hydrogens (primary N) is 1. The van der Waals surface area contributed by atoms with Crippen LogP contribution in [0.4, 0.5) is 11.4 Å². The van der Waals surface area contributed by atoms with Crippen molar-refractivity contribution < 1.29 is 5.11 Å². The fourth-order valence-electron chi connectivity index (χ4n) is 1.28. The van der Waals surface area contributed by atoms with E-state index in [2.05, 4.69) is 26.2 Å². The van der Waals surface area contributed by atoms with Crippen molar-refractivity contribution in [2.75, 3.05) is 29.6 Å². The zero-order chi connectivity index (χ0) is 12.2. The molecule has 1 atom stereocenters. The van der Waals surface area contributed by atoms with E-state index >= 15 is 0 Å². The van der Waals surface area contributed by atoms with E-state index in [0.29, 0.717) is 18.0 Å². The molecule has 6 heteroatoms. The van der Waals surface area contributed by atoms with Crippen LogP contribution in [-0.4, -0.2) is 34.2 Å². The predicted molar refractivity (Wildman–Crippen MR) is 73.8 cm³/mol. The smallest absolute Gasteiger partial charge is 0.0881 e. The Hall–Kier alpha value is -0.460. The van der Waals surface area contributed by atoms with Crippen LogP contribution >= 0.6 is 27.7 Å². The second kappa shape index (κ2) is 5.75. The van der Waals surface area contributed by atoms with Crippen LogP contribution in [0.1, 0.15) is 6.92 Å². The number of rotatable bonds is 5. The Balaban J connectivity index is 2.68. The summed E-state index contributed by atoms with van der Waals surface area (Å²) < 4.78 is 0.799. The summed E-state index contributed by atoms with van der Waals surface area (Å²) in [4.78, 5) is 3.95. The second-order valence-electron chi connectivity index (χ2n) is 3.87. The number of halogens is 1. The third-order valence-electron chi connectivity index (χ3n) is 2.03. The largest absolute Gasteiger partial charge is 0.396 e. The Bertz CT molecular complexity index is 340. The summed E-state index contributed by atoms with van der Waals surface area (Å²) in [6, 6.07) is 0. The molecule has 0 radical (unpaired) electrons. The molecule has 0 aliphatic carbocycles. The van der Waals surface area contributed by atoms with Crippen molar-refractivity contribution in [3.63, 3.8) is 0 Å². The number of hydrogen-bond donors (Lipinski definition) is 3. The number of aromatic nitrogens is 1. The first-order valence-corrected chi connectivity index (χ1v) is 6.99. The third kappa shape index (κ3) is 3.84. The minimum absolute atomic E-state index is 0.445. The highest BCUT2D eigenvalue weighted by molar-refractivity contribution is 9.10. The minimum atomic E-state index is -0.755.